The molecular weight excluding hydrogens is 375 g/mol. The molecule has 1 aromatic carbocycles. The molecule has 0 bridgehead atoms. The molecule has 1 aromatic rings. The third-order valence-corrected chi connectivity index (χ3v) is 4.82. The zero-order valence-corrected chi connectivity index (χ0v) is 16.5. The molecule has 0 radical (unpaired) electrons. The quantitative estimate of drug-likeness (QED) is 0.644. The van der Waals surface area contributed by atoms with Gasteiger partial charge in [-0.1, -0.05) is 12.1 Å². The molecule has 2 fully saturated rings. The van der Waals surface area contributed by atoms with Gasteiger partial charge >= 0.3 is 0 Å². The predicted molar refractivity (Wildman–Crippen MR) is 107 cm³/mol. The van der Waals surface area contributed by atoms with Crippen molar-refractivity contribution in [2.24, 2.45) is 5.73 Å². The molecule has 146 valence electrons. The molecule has 1 saturated heterocycles. The number of nitrogens with one attached hydrogen (secondary N) is 2. The normalized spacial score (nSPS) is 17.6. The number of likely N-dealkylation sites (tertiary alicyclic amines) is 1. The Morgan fingerprint density at radius 3 is 2.23 bits per heavy atom. The van der Waals surface area contributed by atoms with Gasteiger partial charge in [-0.05, 0) is 56.5 Å². The maximum atomic E-state index is 12.1. The van der Waals surface area contributed by atoms with Gasteiger partial charge < -0.3 is 21.3 Å². The molecule has 26 heavy (non-hydrogen) atoms. The summed E-state index contributed by atoms with van der Waals surface area (Å²) in [6.45, 7) is 4.31. The zero-order chi connectivity index (χ0) is 17.0. The molecule has 6 nitrogen and oxygen atoms in total. The maximum absolute atomic E-state index is 12.1. The summed E-state index contributed by atoms with van der Waals surface area (Å²) in [7, 11) is 0. The Kier molecular flexibility index (Phi) is 8.83. The van der Waals surface area contributed by atoms with E-state index in [-0.39, 0.29) is 36.6 Å². The van der Waals surface area contributed by atoms with Crippen LogP contribution in [0.15, 0.2) is 24.3 Å². The standard InChI is InChI=1S/C18H26N4O2.2ClH/c19-18(7-8-18)17(24)21-13-14-3-5-15(6-4-14)16(23)20-9-12-22-10-1-2-11-22;;/h3-6H,1-2,7-13,19H2,(H,20,23)(H,21,24);2*1H. The van der Waals surface area contributed by atoms with Crippen molar-refractivity contribution in [3.63, 3.8) is 0 Å². The minimum Gasteiger partial charge on any atom is -0.351 e. The summed E-state index contributed by atoms with van der Waals surface area (Å²) >= 11 is 0. The SMILES string of the molecule is Cl.Cl.NC1(C(=O)NCc2ccc(C(=O)NCCN3CCCC3)cc2)CC1. The summed E-state index contributed by atoms with van der Waals surface area (Å²) in [5.41, 5.74) is 6.80. The minimum atomic E-state index is -0.644. The lowest BCUT2D eigenvalue weighted by Crippen LogP contribution is -2.42. The van der Waals surface area contributed by atoms with Gasteiger partial charge in [0.1, 0.15) is 0 Å². The van der Waals surface area contributed by atoms with E-state index in [0.717, 1.165) is 38.0 Å². The number of hydrogen-bond acceptors (Lipinski definition) is 4. The van der Waals surface area contributed by atoms with Gasteiger partial charge in [0.05, 0.1) is 5.54 Å². The van der Waals surface area contributed by atoms with Crippen molar-refractivity contribution in [3.05, 3.63) is 35.4 Å². The van der Waals surface area contributed by atoms with E-state index in [1.807, 2.05) is 12.1 Å². The van der Waals surface area contributed by atoms with E-state index in [9.17, 15) is 9.59 Å². The van der Waals surface area contributed by atoms with E-state index in [0.29, 0.717) is 18.7 Å². The topological polar surface area (TPSA) is 87.5 Å². The van der Waals surface area contributed by atoms with Crippen molar-refractivity contribution in [3.8, 4) is 0 Å². The summed E-state index contributed by atoms with van der Waals surface area (Å²) in [5, 5.41) is 5.80. The highest BCUT2D eigenvalue weighted by atomic mass is 35.5. The van der Waals surface area contributed by atoms with Crippen LogP contribution < -0.4 is 16.4 Å². The van der Waals surface area contributed by atoms with Gasteiger partial charge in [-0.2, -0.15) is 0 Å². The van der Waals surface area contributed by atoms with Crippen molar-refractivity contribution in [1.29, 1.82) is 0 Å². The second-order valence-corrected chi connectivity index (χ2v) is 6.84. The van der Waals surface area contributed by atoms with Crippen LogP contribution in [0.1, 0.15) is 41.6 Å². The molecule has 8 heteroatoms. The number of nitrogens with two attached hydrogens (primary N) is 1. The first-order chi connectivity index (χ1) is 11.6. The van der Waals surface area contributed by atoms with Crippen LogP contribution in [0.3, 0.4) is 0 Å². The fraction of sp³-hybridized carbons (Fsp3) is 0.556. The van der Waals surface area contributed by atoms with Crippen LogP contribution in [-0.2, 0) is 11.3 Å². The third-order valence-electron chi connectivity index (χ3n) is 4.82. The minimum absolute atomic E-state index is 0. The van der Waals surface area contributed by atoms with E-state index in [1.165, 1.54) is 12.8 Å². The van der Waals surface area contributed by atoms with Gasteiger partial charge in [0.15, 0.2) is 0 Å². The highest BCUT2D eigenvalue weighted by molar-refractivity contribution is 5.94. The predicted octanol–water partition coefficient (Wildman–Crippen LogP) is 1.46. The summed E-state index contributed by atoms with van der Waals surface area (Å²) < 4.78 is 0. The van der Waals surface area contributed by atoms with Crippen LogP contribution in [0.2, 0.25) is 0 Å². The largest absolute Gasteiger partial charge is 0.351 e. The van der Waals surface area contributed by atoms with Crippen LogP contribution in [0.5, 0.6) is 0 Å². The number of hydrogen-bond donors (Lipinski definition) is 3. The Labute approximate surface area is 167 Å². The van der Waals surface area contributed by atoms with Gasteiger partial charge in [0.25, 0.3) is 5.91 Å². The molecular formula is C18H28Cl2N4O2. The number of carbonyl (C=O) groups excluding carboxylic acids is 2. The van der Waals surface area contributed by atoms with E-state index in [1.54, 1.807) is 12.1 Å². The summed E-state index contributed by atoms with van der Waals surface area (Å²) in [5.74, 6) is -0.144. The van der Waals surface area contributed by atoms with Crippen LogP contribution in [0.4, 0.5) is 0 Å². The molecule has 1 aliphatic carbocycles. The number of rotatable bonds is 7. The second-order valence-electron chi connectivity index (χ2n) is 6.84. The van der Waals surface area contributed by atoms with Crippen molar-refractivity contribution in [2.45, 2.75) is 37.8 Å². The number of amides is 2. The van der Waals surface area contributed by atoms with E-state index < -0.39 is 5.54 Å². The van der Waals surface area contributed by atoms with Gasteiger partial charge in [0, 0.05) is 25.2 Å². The lowest BCUT2D eigenvalue weighted by Gasteiger charge is -2.14. The Morgan fingerprint density at radius 1 is 1.04 bits per heavy atom. The van der Waals surface area contributed by atoms with Crippen LogP contribution in [-0.4, -0.2) is 48.4 Å². The van der Waals surface area contributed by atoms with Crippen LogP contribution in [0, 0.1) is 0 Å². The molecule has 1 aliphatic heterocycles. The molecule has 2 amide bonds. The number of carbonyl (C=O) groups is 2. The fourth-order valence-electron chi connectivity index (χ4n) is 2.93. The smallest absolute Gasteiger partial charge is 0.251 e. The summed E-state index contributed by atoms with van der Waals surface area (Å²) in [6.07, 6.45) is 4.04. The number of halogens is 2. The van der Waals surface area contributed by atoms with Crippen molar-refractivity contribution >= 4 is 36.6 Å². The molecule has 1 heterocycles. The Hall–Kier alpha value is -1.34. The van der Waals surface area contributed by atoms with Crippen molar-refractivity contribution < 1.29 is 9.59 Å². The highest BCUT2D eigenvalue weighted by Gasteiger charge is 2.45. The van der Waals surface area contributed by atoms with Gasteiger partial charge in [0.2, 0.25) is 5.91 Å². The first-order valence-electron chi connectivity index (χ1n) is 8.73. The molecule has 1 saturated carbocycles. The Balaban J connectivity index is 0.00000169. The highest BCUT2D eigenvalue weighted by Crippen LogP contribution is 2.32. The molecule has 0 atom stereocenters. The van der Waals surface area contributed by atoms with Crippen molar-refractivity contribution in [2.75, 3.05) is 26.2 Å². The van der Waals surface area contributed by atoms with Crippen LogP contribution >= 0.6 is 24.8 Å². The monoisotopic (exact) mass is 402 g/mol. The summed E-state index contributed by atoms with van der Waals surface area (Å²) in [6, 6.07) is 7.32. The second kappa shape index (κ2) is 10.1. The van der Waals surface area contributed by atoms with Gasteiger partial charge in [-0.25, -0.2) is 0 Å². The molecule has 3 rings (SSSR count). The van der Waals surface area contributed by atoms with Crippen molar-refractivity contribution in [1.82, 2.24) is 15.5 Å². The van der Waals surface area contributed by atoms with Gasteiger partial charge in [-0.3, -0.25) is 9.59 Å². The number of benzene rings is 1. The molecule has 0 spiro atoms. The zero-order valence-electron chi connectivity index (χ0n) is 14.8. The van der Waals surface area contributed by atoms with Crippen LogP contribution in [0.25, 0.3) is 0 Å². The third kappa shape index (κ3) is 6.13. The molecule has 2 aliphatic rings. The van der Waals surface area contributed by atoms with E-state index >= 15 is 0 Å². The first-order valence-corrected chi connectivity index (χ1v) is 8.73. The van der Waals surface area contributed by atoms with Gasteiger partial charge in [-0.15, -0.1) is 24.8 Å². The summed E-state index contributed by atoms with van der Waals surface area (Å²) in [4.78, 5) is 26.3. The Bertz CT molecular complexity index is 600. The molecule has 4 N–H and O–H groups in total. The Morgan fingerprint density at radius 2 is 1.65 bits per heavy atom. The number of nitrogens with zero attached hydrogens (tertiary/aromatic N) is 1. The average molecular weight is 403 g/mol. The lowest BCUT2D eigenvalue weighted by molar-refractivity contribution is -0.123. The fourth-order valence-corrected chi connectivity index (χ4v) is 2.93. The maximum Gasteiger partial charge on any atom is 0.251 e. The van der Waals surface area contributed by atoms with E-state index in [2.05, 4.69) is 15.5 Å². The van der Waals surface area contributed by atoms with E-state index in [4.69, 9.17) is 5.73 Å². The average Bonchev–Trinajstić information content (AvgIpc) is 3.13. The molecule has 0 aromatic heterocycles. The lowest BCUT2D eigenvalue weighted by atomic mass is 10.1. The molecule has 0 unspecified atom stereocenters. The first kappa shape index (κ1) is 22.7.